The number of carbonyl (C=O) groups is 1. The lowest BCUT2D eigenvalue weighted by Crippen LogP contribution is -2.39. The Balaban J connectivity index is 2.26. The summed E-state index contributed by atoms with van der Waals surface area (Å²) < 4.78 is 46.6. The predicted molar refractivity (Wildman–Crippen MR) is 120 cm³/mol. The number of carbonyl (C=O) groups excluding carboxylic acids is 1. The van der Waals surface area contributed by atoms with E-state index in [1.165, 1.54) is 6.07 Å². The largest absolute Gasteiger partial charge is 0.495 e. The number of hydrogen-bond acceptors (Lipinski definition) is 4. The third-order valence-corrected chi connectivity index (χ3v) is 5.53. The van der Waals surface area contributed by atoms with Crippen LogP contribution in [0.25, 0.3) is 5.70 Å². The Morgan fingerprint density at radius 1 is 1.20 bits per heavy atom. The third kappa shape index (κ3) is 5.73. The van der Waals surface area contributed by atoms with Gasteiger partial charge in [0, 0.05) is 11.1 Å². The number of anilines is 1. The molecule has 5 nitrogen and oxygen atoms in total. The van der Waals surface area contributed by atoms with Crippen molar-refractivity contribution in [3.05, 3.63) is 66.0 Å². The fourth-order valence-corrected chi connectivity index (χ4v) is 3.67. The van der Waals surface area contributed by atoms with Crippen molar-refractivity contribution in [3.63, 3.8) is 0 Å². The number of methoxy groups -OCH3 is 1. The second-order valence-corrected chi connectivity index (χ2v) is 9.52. The molecule has 2 N–H and O–H groups in total. The third-order valence-electron chi connectivity index (χ3n) is 4.14. The van der Waals surface area contributed by atoms with Gasteiger partial charge in [-0.15, -0.1) is 9.39 Å². The van der Waals surface area contributed by atoms with Gasteiger partial charge in [-0.1, -0.05) is 42.6 Å². The summed E-state index contributed by atoms with van der Waals surface area (Å²) in [5.74, 6) is 6.87. The molecule has 0 bridgehead atoms. The Morgan fingerprint density at radius 3 is 2.43 bits per heavy atom. The quantitative estimate of drug-likeness (QED) is 0.460. The Morgan fingerprint density at radius 2 is 1.87 bits per heavy atom. The van der Waals surface area contributed by atoms with E-state index in [1.54, 1.807) is 30.7 Å². The van der Waals surface area contributed by atoms with Gasteiger partial charge in [0.2, 0.25) is 0 Å². The zero-order chi connectivity index (χ0) is 22.5. The van der Waals surface area contributed by atoms with Crippen molar-refractivity contribution in [1.82, 2.24) is 10.9 Å². The number of benzene rings is 2. The molecule has 9 heteroatoms. The van der Waals surface area contributed by atoms with E-state index in [1.807, 2.05) is 28.8 Å². The second kappa shape index (κ2) is 9.62. The maximum absolute atomic E-state index is 14.8. The van der Waals surface area contributed by atoms with Crippen molar-refractivity contribution in [2.45, 2.75) is 13.0 Å². The molecule has 0 radical (unpaired) electrons. The number of halogens is 3. The molecule has 0 spiro atoms. The minimum Gasteiger partial charge on any atom is -0.495 e. The molecule has 0 heterocycles. The number of hydrazine groups is 1. The van der Waals surface area contributed by atoms with Crippen molar-refractivity contribution in [2.24, 2.45) is 0 Å². The molecule has 0 aromatic heterocycles. The highest BCUT2D eigenvalue weighted by atomic mass is 32.2. The summed E-state index contributed by atoms with van der Waals surface area (Å²) in [5, 5.41) is 0. The summed E-state index contributed by atoms with van der Waals surface area (Å²) in [7, 11) is -0.228. The molecule has 30 heavy (non-hydrogen) atoms. The van der Waals surface area contributed by atoms with E-state index in [0.29, 0.717) is 16.9 Å². The molecule has 0 fully saturated rings. The number of alkyl halides is 2. The summed E-state index contributed by atoms with van der Waals surface area (Å²) in [6.45, 7) is 3.81. The average molecular weight is 440 g/mol. The Labute approximate surface area is 174 Å². The first-order chi connectivity index (χ1) is 14.0. The highest BCUT2D eigenvalue weighted by molar-refractivity contribution is 8.28. The molecule has 2 rings (SSSR count). The second-order valence-electron chi connectivity index (χ2n) is 6.63. The highest BCUT2D eigenvalue weighted by Crippen LogP contribution is 2.38. The summed E-state index contributed by atoms with van der Waals surface area (Å²) in [5.41, 5.74) is 5.54. The predicted octanol–water partition coefficient (Wildman–Crippen LogP) is 3.91. The van der Waals surface area contributed by atoms with E-state index < -0.39 is 27.5 Å². The molecule has 2 aromatic carbocycles. The molecule has 1 amide bonds. The van der Waals surface area contributed by atoms with Crippen molar-refractivity contribution in [1.29, 1.82) is 0 Å². The van der Waals surface area contributed by atoms with Crippen LogP contribution in [0.1, 0.15) is 11.1 Å². The van der Waals surface area contributed by atoms with Gasteiger partial charge in [-0.3, -0.25) is 15.6 Å². The van der Waals surface area contributed by atoms with Gasteiger partial charge in [-0.2, -0.15) is 8.78 Å². The van der Waals surface area contributed by atoms with Crippen LogP contribution in [0.4, 0.5) is 18.9 Å². The van der Waals surface area contributed by atoms with Crippen molar-refractivity contribution in [3.8, 4) is 5.75 Å². The van der Waals surface area contributed by atoms with Crippen LogP contribution in [-0.2, 0) is 11.3 Å². The topological polar surface area (TPSA) is 53.6 Å². The number of para-hydroxylation sites is 2. The zero-order valence-electron chi connectivity index (χ0n) is 16.8. The van der Waals surface area contributed by atoms with Gasteiger partial charge >= 0.3 is 12.3 Å². The molecule has 0 saturated carbocycles. The summed E-state index contributed by atoms with van der Waals surface area (Å²) in [4.78, 5) is 10.9. The molecule has 0 unspecified atom stereocenters. The first kappa shape index (κ1) is 23.2. The fourth-order valence-electron chi connectivity index (χ4n) is 2.60. The van der Waals surface area contributed by atoms with Gasteiger partial charge in [0.05, 0.1) is 25.0 Å². The Bertz CT molecular complexity index is 1040. The minimum absolute atomic E-state index is 0.0702. The smallest absolute Gasteiger partial charge is 0.317 e. The van der Waals surface area contributed by atoms with Crippen molar-refractivity contribution < 1.29 is 22.7 Å². The van der Waals surface area contributed by atoms with Gasteiger partial charge in [-0.05, 0) is 24.5 Å². The molecule has 0 aliphatic carbocycles. The summed E-state index contributed by atoms with van der Waals surface area (Å²) in [6, 6.07) is 11.7. The zero-order valence-corrected chi connectivity index (χ0v) is 17.6. The first-order valence-corrected chi connectivity index (χ1v) is 11.0. The lowest BCUT2D eigenvalue weighted by Gasteiger charge is -2.31. The molecule has 0 atom stereocenters. The molecule has 0 saturated heterocycles. The van der Waals surface area contributed by atoms with Gasteiger partial charge in [-0.25, -0.2) is 4.39 Å². The molecule has 162 valence electrons. The lowest BCUT2D eigenvalue weighted by atomic mass is 10.1. The molecule has 0 aliphatic rings. The number of amides is 1. The van der Waals surface area contributed by atoms with Gasteiger partial charge in [0.15, 0.2) is 0 Å². The van der Waals surface area contributed by atoms with Crippen LogP contribution < -0.4 is 19.9 Å². The van der Waals surface area contributed by atoms with E-state index in [9.17, 15) is 18.0 Å². The highest BCUT2D eigenvalue weighted by Gasteiger charge is 2.18. The maximum Gasteiger partial charge on any atom is 0.317 e. The molecule has 2 aromatic rings. The summed E-state index contributed by atoms with van der Waals surface area (Å²) >= 11 is 0. The van der Waals surface area contributed by atoms with E-state index >= 15 is 0 Å². The van der Waals surface area contributed by atoms with E-state index in [0.717, 1.165) is 5.69 Å². The van der Waals surface area contributed by atoms with Gasteiger partial charge in [0.1, 0.15) is 11.6 Å². The fraction of sp³-hybridized carbons (Fsp3) is 0.190. The van der Waals surface area contributed by atoms with E-state index in [2.05, 4.69) is 23.7 Å². The van der Waals surface area contributed by atoms with Crippen LogP contribution in [0.5, 0.6) is 5.75 Å². The minimum atomic E-state index is -3.17. The molecular formula is C21H24F3N3O2S. The number of hydrogen-bond donors (Lipinski definition) is 2. The van der Waals surface area contributed by atoms with Crippen LogP contribution in [0.15, 0.2) is 49.0 Å². The SMILES string of the molecule is C=C(NNC(=O)C(F)F)c1ccc(CN(c2ccccc2OC)S(=C)(=C)C)c(F)c1. The number of ether oxygens (including phenoxy) is 1. The Kier molecular flexibility index (Phi) is 7.44. The lowest BCUT2D eigenvalue weighted by molar-refractivity contribution is -0.132. The van der Waals surface area contributed by atoms with E-state index in [4.69, 9.17) is 4.74 Å². The van der Waals surface area contributed by atoms with Gasteiger partial charge < -0.3 is 9.04 Å². The molecular weight excluding hydrogens is 415 g/mol. The standard InChI is InChI=1S/C21H24F3N3O2S/c1-14(25-26-21(28)20(23)24)15-10-11-16(17(22)12-15)13-27(30(3,4)5)18-8-6-7-9-19(18)29-2/h6-12,20,25H,1,3-4,13H2,2,5H3,(H,26,28). The van der Waals surface area contributed by atoms with Crippen molar-refractivity contribution in [2.75, 3.05) is 17.7 Å². The number of nitrogens with zero attached hydrogens (tertiary/aromatic N) is 1. The maximum atomic E-state index is 14.8. The van der Waals surface area contributed by atoms with Crippen LogP contribution >= 0.6 is 9.39 Å². The molecule has 0 aliphatic heterocycles. The number of nitrogens with one attached hydrogen (secondary N) is 2. The van der Waals surface area contributed by atoms with Crippen LogP contribution in [0, 0.1) is 5.82 Å². The van der Waals surface area contributed by atoms with Crippen LogP contribution in [0.3, 0.4) is 0 Å². The van der Waals surface area contributed by atoms with Crippen molar-refractivity contribution >= 4 is 38.4 Å². The van der Waals surface area contributed by atoms with Gasteiger partial charge in [0.25, 0.3) is 0 Å². The monoisotopic (exact) mass is 439 g/mol. The van der Waals surface area contributed by atoms with Crippen LogP contribution in [0.2, 0.25) is 0 Å². The average Bonchev–Trinajstić information content (AvgIpc) is 2.69. The first-order valence-electron chi connectivity index (χ1n) is 8.71. The van der Waals surface area contributed by atoms with Crippen LogP contribution in [-0.4, -0.2) is 37.4 Å². The summed E-state index contributed by atoms with van der Waals surface area (Å²) in [6.07, 6.45) is -1.30. The normalized spacial score (nSPS) is 11.1. The number of rotatable bonds is 9. The van der Waals surface area contributed by atoms with E-state index in [-0.39, 0.29) is 12.2 Å². The Hall–Kier alpha value is -3.07.